The van der Waals surface area contributed by atoms with E-state index in [0.29, 0.717) is 5.69 Å². The molecule has 1 aliphatic carbocycles. The number of carbonyl (C=O) groups is 1. The first-order valence-electron chi connectivity index (χ1n) is 7.77. The Labute approximate surface area is 140 Å². The fourth-order valence-corrected chi connectivity index (χ4v) is 3.18. The number of methoxy groups -OCH3 is 1. The highest BCUT2D eigenvalue weighted by molar-refractivity contribution is 5.87. The molecule has 0 aliphatic heterocycles. The van der Waals surface area contributed by atoms with Crippen LogP contribution < -0.4 is 5.32 Å². The molecule has 0 saturated carbocycles. The third-order valence-electron chi connectivity index (χ3n) is 4.30. The van der Waals surface area contributed by atoms with E-state index in [2.05, 4.69) is 63.6 Å². The highest BCUT2D eigenvalue weighted by Crippen LogP contribution is 2.44. The first-order chi connectivity index (χ1) is 11.8. The van der Waals surface area contributed by atoms with Gasteiger partial charge in [-0.1, -0.05) is 48.5 Å². The van der Waals surface area contributed by atoms with Crippen LogP contribution in [0.5, 0.6) is 0 Å². The van der Waals surface area contributed by atoms with Crippen LogP contribution >= 0.6 is 0 Å². The molecule has 0 spiro atoms. The molecule has 4 heteroatoms. The summed E-state index contributed by atoms with van der Waals surface area (Å²) in [6.45, 7) is 0. The standard InChI is InChI=1S/C20H16N2O2/c1-24-20(23)18-11-10-13(12-21-18)22-19-16-8-4-2-6-14(16)15-7-3-5-9-17(15)19/h2-12,19,22H,1H3. The van der Waals surface area contributed by atoms with Crippen LogP contribution in [0.2, 0.25) is 0 Å². The fraction of sp³-hybridized carbons (Fsp3) is 0.100. The Morgan fingerprint density at radius 2 is 1.58 bits per heavy atom. The minimum absolute atomic E-state index is 0.0724. The number of hydrogen-bond donors (Lipinski definition) is 1. The summed E-state index contributed by atoms with van der Waals surface area (Å²) in [5.74, 6) is -0.432. The van der Waals surface area contributed by atoms with Gasteiger partial charge in [-0.05, 0) is 34.4 Å². The van der Waals surface area contributed by atoms with Crippen LogP contribution in [0.15, 0.2) is 66.9 Å². The van der Waals surface area contributed by atoms with E-state index in [4.69, 9.17) is 0 Å². The van der Waals surface area contributed by atoms with Crippen LogP contribution in [-0.2, 0) is 4.74 Å². The summed E-state index contributed by atoms with van der Waals surface area (Å²) in [6, 6.07) is 20.4. The summed E-state index contributed by atoms with van der Waals surface area (Å²) < 4.78 is 4.68. The molecule has 0 atom stereocenters. The minimum atomic E-state index is -0.432. The van der Waals surface area contributed by atoms with Crippen LogP contribution in [0, 0.1) is 0 Å². The van der Waals surface area contributed by atoms with E-state index in [9.17, 15) is 4.79 Å². The number of ether oxygens (including phenoxy) is 1. The van der Waals surface area contributed by atoms with E-state index in [1.54, 1.807) is 12.3 Å². The van der Waals surface area contributed by atoms with Gasteiger partial charge in [0.05, 0.1) is 25.0 Å². The fourth-order valence-electron chi connectivity index (χ4n) is 3.18. The maximum absolute atomic E-state index is 11.5. The molecule has 1 N–H and O–H groups in total. The van der Waals surface area contributed by atoms with Crippen LogP contribution in [0.1, 0.15) is 27.7 Å². The summed E-state index contributed by atoms with van der Waals surface area (Å²) >= 11 is 0. The lowest BCUT2D eigenvalue weighted by Gasteiger charge is -2.17. The number of benzene rings is 2. The second kappa shape index (κ2) is 5.81. The molecule has 1 aliphatic rings. The highest BCUT2D eigenvalue weighted by atomic mass is 16.5. The zero-order valence-corrected chi connectivity index (χ0v) is 13.2. The molecule has 2 aromatic carbocycles. The minimum Gasteiger partial charge on any atom is -0.464 e. The van der Waals surface area contributed by atoms with E-state index < -0.39 is 5.97 Å². The second-order valence-corrected chi connectivity index (χ2v) is 5.68. The average Bonchev–Trinajstić information content (AvgIpc) is 2.96. The SMILES string of the molecule is COC(=O)c1ccc(NC2c3ccccc3-c3ccccc32)cn1. The van der Waals surface area contributed by atoms with Crippen LogP contribution in [0.25, 0.3) is 11.1 Å². The first-order valence-corrected chi connectivity index (χ1v) is 7.77. The summed E-state index contributed by atoms with van der Waals surface area (Å²) in [4.78, 5) is 15.7. The second-order valence-electron chi connectivity index (χ2n) is 5.68. The van der Waals surface area contributed by atoms with Gasteiger partial charge in [-0.15, -0.1) is 0 Å². The Balaban J connectivity index is 1.68. The van der Waals surface area contributed by atoms with E-state index in [1.807, 2.05) is 6.07 Å². The molecule has 1 heterocycles. The third kappa shape index (κ3) is 2.33. The highest BCUT2D eigenvalue weighted by Gasteiger charge is 2.27. The van der Waals surface area contributed by atoms with Gasteiger partial charge >= 0.3 is 5.97 Å². The van der Waals surface area contributed by atoms with E-state index in [1.165, 1.54) is 29.4 Å². The third-order valence-corrected chi connectivity index (χ3v) is 4.30. The van der Waals surface area contributed by atoms with Gasteiger partial charge in [0.25, 0.3) is 0 Å². The van der Waals surface area contributed by atoms with Gasteiger partial charge in [0.15, 0.2) is 0 Å². The predicted octanol–water partition coefficient (Wildman–Crippen LogP) is 4.05. The lowest BCUT2D eigenvalue weighted by Crippen LogP contribution is -2.10. The van der Waals surface area contributed by atoms with Gasteiger partial charge in [-0.3, -0.25) is 0 Å². The van der Waals surface area contributed by atoms with Gasteiger partial charge in [-0.2, -0.15) is 0 Å². The number of carbonyl (C=O) groups excluding carboxylic acids is 1. The summed E-state index contributed by atoms with van der Waals surface area (Å²) in [5.41, 5.74) is 6.16. The monoisotopic (exact) mass is 316 g/mol. The number of rotatable bonds is 3. The largest absolute Gasteiger partial charge is 0.464 e. The Morgan fingerprint density at radius 1 is 0.958 bits per heavy atom. The number of nitrogens with zero attached hydrogens (tertiary/aromatic N) is 1. The average molecular weight is 316 g/mol. The van der Waals surface area contributed by atoms with Crippen LogP contribution in [0.3, 0.4) is 0 Å². The number of anilines is 1. The van der Waals surface area contributed by atoms with Gasteiger partial charge in [0, 0.05) is 0 Å². The Kier molecular flexibility index (Phi) is 3.50. The molecule has 0 amide bonds. The molecule has 118 valence electrons. The molecule has 0 radical (unpaired) electrons. The van der Waals surface area contributed by atoms with Crippen molar-refractivity contribution in [1.82, 2.24) is 4.98 Å². The number of pyridine rings is 1. The number of fused-ring (bicyclic) bond motifs is 3. The van der Waals surface area contributed by atoms with Crippen molar-refractivity contribution in [2.45, 2.75) is 6.04 Å². The Morgan fingerprint density at radius 3 is 2.12 bits per heavy atom. The summed E-state index contributed by atoms with van der Waals surface area (Å²) in [7, 11) is 1.35. The lowest BCUT2D eigenvalue weighted by molar-refractivity contribution is 0.0594. The normalized spacial score (nSPS) is 12.4. The van der Waals surface area contributed by atoms with Crippen molar-refractivity contribution < 1.29 is 9.53 Å². The van der Waals surface area contributed by atoms with Gasteiger partial charge < -0.3 is 10.1 Å². The number of aromatic nitrogens is 1. The molecule has 0 saturated heterocycles. The molecule has 0 unspecified atom stereocenters. The van der Waals surface area contributed by atoms with E-state index in [0.717, 1.165) is 5.69 Å². The molecular weight excluding hydrogens is 300 g/mol. The van der Waals surface area contributed by atoms with Crippen molar-refractivity contribution in [3.05, 3.63) is 83.7 Å². The first kappa shape index (κ1) is 14.5. The zero-order chi connectivity index (χ0) is 16.5. The molecule has 3 aromatic rings. The predicted molar refractivity (Wildman–Crippen MR) is 92.9 cm³/mol. The Bertz CT molecular complexity index is 858. The molecular formula is C20H16N2O2. The number of esters is 1. The van der Waals surface area contributed by atoms with E-state index >= 15 is 0 Å². The quantitative estimate of drug-likeness (QED) is 0.741. The molecule has 1 aromatic heterocycles. The number of hydrogen-bond acceptors (Lipinski definition) is 4. The van der Waals surface area contributed by atoms with Crippen molar-refractivity contribution in [3.8, 4) is 11.1 Å². The smallest absolute Gasteiger partial charge is 0.356 e. The van der Waals surface area contributed by atoms with Crippen LogP contribution in [0.4, 0.5) is 5.69 Å². The van der Waals surface area contributed by atoms with Crippen molar-refractivity contribution >= 4 is 11.7 Å². The lowest BCUT2D eigenvalue weighted by atomic mass is 10.1. The molecule has 24 heavy (non-hydrogen) atoms. The van der Waals surface area contributed by atoms with Crippen LogP contribution in [-0.4, -0.2) is 18.1 Å². The maximum Gasteiger partial charge on any atom is 0.356 e. The van der Waals surface area contributed by atoms with Gasteiger partial charge in [-0.25, -0.2) is 9.78 Å². The Hall–Kier alpha value is -3.14. The topological polar surface area (TPSA) is 51.2 Å². The molecule has 0 bridgehead atoms. The molecule has 4 nitrogen and oxygen atoms in total. The van der Waals surface area contributed by atoms with Crippen molar-refractivity contribution in [2.24, 2.45) is 0 Å². The molecule has 4 rings (SSSR count). The van der Waals surface area contributed by atoms with Gasteiger partial charge in [0.2, 0.25) is 0 Å². The van der Waals surface area contributed by atoms with Crippen molar-refractivity contribution in [3.63, 3.8) is 0 Å². The van der Waals surface area contributed by atoms with Crippen molar-refractivity contribution in [2.75, 3.05) is 12.4 Å². The zero-order valence-electron chi connectivity index (χ0n) is 13.2. The van der Waals surface area contributed by atoms with E-state index in [-0.39, 0.29) is 6.04 Å². The maximum atomic E-state index is 11.5. The number of nitrogens with one attached hydrogen (secondary N) is 1. The molecule has 0 fully saturated rings. The summed E-state index contributed by atoms with van der Waals surface area (Å²) in [5, 5.41) is 3.52. The summed E-state index contributed by atoms with van der Waals surface area (Å²) in [6.07, 6.45) is 1.66. The van der Waals surface area contributed by atoms with Crippen molar-refractivity contribution in [1.29, 1.82) is 0 Å². The van der Waals surface area contributed by atoms with Gasteiger partial charge in [0.1, 0.15) is 5.69 Å².